The van der Waals surface area contributed by atoms with E-state index in [1.807, 2.05) is 7.05 Å². The predicted octanol–water partition coefficient (Wildman–Crippen LogP) is 1.30. The summed E-state index contributed by atoms with van der Waals surface area (Å²) in [5.41, 5.74) is 1.01. The number of nitrogens with one attached hydrogen (secondary N) is 1. The zero-order valence-corrected chi connectivity index (χ0v) is 8.21. The molecule has 0 fully saturated rings. The van der Waals surface area contributed by atoms with E-state index in [0.717, 1.165) is 24.9 Å². The van der Waals surface area contributed by atoms with Crippen LogP contribution in [0.15, 0.2) is 12.4 Å². The van der Waals surface area contributed by atoms with Gasteiger partial charge in [-0.15, -0.1) is 0 Å². The van der Waals surface area contributed by atoms with Crippen LogP contribution >= 0.6 is 0 Å². The quantitative estimate of drug-likeness (QED) is 0.706. The summed E-state index contributed by atoms with van der Waals surface area (Å²) < 4.78 is 25.2. The summed E-state index contributed by atoms with van der Waals surface area (Å²) in [6.07, 6.45) is 2.88. The molecule has 0 saturated heterocycles. The molecule has 0 aliphatic carbocycles. The lowest BCUT2D eigenvalue weighted by Crippen LogP contribution is -2.08. The van der Waals surface area contributed by atoms with E-state index in [-0.39, 0.29) is 6.54 Å². The van der Waals surface area contributed by atoms with Gasteiger partial charge in [0.2, 0.25) is 0 Å². The third-order valence-electron chi connectivity index (χ3n) is 1.90. The highest BCUT2D eigenvalue weighted by atomic mass is 19.3. The molecule has 0 amide bonds. The van der Waals surface area contributed by atoms with E-state index in [9.17, 15) is 8.78 Å². The van der Waals surface area contributed by atoms with Crippen molar-refractivity contribution in [3.05, 3.63) is 18.0 Å². The van der Waals surface area contributed by atoms with Crippen LogP contribution in [0.4, 0.5) is 8.78 Å². The normalized spacial score (nSPS) is 11.1. The van der Waals surface area contributed by atoms with Crippen LogP contribution in [0.1, 0.15) is 12.0 Å². The highest BCUT2D eigenvalue weighted by molar-refractivity contribution is 5.03. The van der Waals surface area contributed by atoms with Crippen LogP contribution in [0.5, 0.6) is 0 Å². The molecule has 0 aromatic carbocycles. The number of hydrogen-bond donors (Lipinski definition) is 1. The van der Waals surface area contributed by atoms with Crippen LogP contribution in [0.25, 0.3) is 0 Å². The standard InChI is InChI=1S/C9H15F2N3/c1-12-4-2-3-8-5-13-14(6-8)7-9(10)11/h5-6,9,12H,2-4,7H2,1H3. The van der Waals surface area contributed by atoms with E-state index in [1.165, 1.54) is 4.68 Å². The minimum atomic E-state index is -2.33. The van der Waals surface area contributed by atoms with Gasteiger partial charge in [-0.1, -0.05) is 0 Å². The average molecular weight is 203 g/mol. The zero-order valence-electron chi connectivity index (χ0n) is 8.21. The van der Waals surface area contributed by atoms with Gasteiger partial charge in [0.25, 0.3) is 6.43 Å². The third-order valence-corrected chi connectivity index (χ3v) is 1.90. The van der Waals surface area contributed by atoms with Crippen molar-refractivity contribution in [1.82, 2.24) is 15.1 Å². The van der Waals surface area contributed by atoms with Crippen LogP contribution in [0.2, 0.25) is 0 Å². The van der Waals surface area contributed by atoms with Gasteiger partial charge >= 0.3 is 0 Å². The van der Waals surface area contributed by atoms with Gasteiger partial charge in [0, 0.05) is 6.20 Å². The third kappa shape index (κ3) is 3.83. The summed E-state index contributed by atoms with van der Waals surface area (Å²) in [6, 6.07) is 0. The van der Waals surface area contributed by atoms with Gasteiger partial charge in [0.05, 0.1) is 6.20 Å². The Labute approximate surface area is 82.1 Å². The largest absolute Gasteiger partial charge is 0.320 e. The molecule has 0 atom stereocenters. The minimum absolute atomic E-state index is 0.313. The summed E-state index contributed by atoms with van der Waals surface area (Å²) in [6.45, 7) is 0.617. The van der Waals surface area contributed by atoms with E-state index in [4.69, 9.17) is 0 Å². The van der Waals surface area contributed by atoms with Crippen molar-refractivity contribution in [2.75, 3.05) is 13.6 Å². The first-order valence-electron chi connectivity index (χ1n) is 4.66. The van der Waals surface area contributed by atoms with Gasteiger partial charge in [0.1, 0.15) is 6.54 Å². The predicted molar refractivity (Wildman–Crippen MR) is 50.5 cm³/mol. The lowest BCUT2D eigenvalue weighted by atomic mass is 10.2. The van der Waals surface area contributed by atoms with Gasteiger partial charge < -0.3 is 5.32 Å². The smallest absolute Gasteiger partial charge is 0.257 e. The summed E-state index contributed by atoms with van der Waals surface area (Å²) in [4.78, 5) is 0. The molecule has 1 heterocycles. The molecule has 3 nitrogen and oxygen atoms in total. The molecule has 1 N–H and O–H groups in total. The maximum Gasteiger partial charge on any atom is 0.257 e. The molecule has 0 aliphatic heterocycles. The molecule has 0 unspecified atom stereocenters. The van der Waals surface area contributed by atoms with Crippen molar-refractivity contribution in [2.24, 2.45) is 0 Å². The van der Waals surface area contributed by atoms with E-state index in [0.29, 0.717) is 0 Å². The fraction of sp³-hybridized carbons (Fsp3) is 0.667. The topological polar surface area (TPSA) is 29.9 Å². The van der Waals surface area contributed by atoms with E-state index in [1.54, 1.807) is 12.4 Å². The second-order valence-electron chi connectivity index (χ2n) is 3.17. The number of aryl methyl sites for hydroxylation is 1. The number of rotatable bonds is 6. The Balaban J connectivity index is 2.35. The van der Waals surface area contributed by atoms with Crippen molar-refractivity contribution in [3.8, 4) is 0 Å². The summed E-state index contributed by atoms with van der Waals surface area (Å²) >= 11 is 0. The van der Waals surface area contributed by atoms with Crippen molar-refractivity contribution in [2.45, 2.75) is 25.8 Å². The Hall–Kier alpha value is -0.970. The summed E-state index contributed by atoms with van der Waals surface area (Å²) in [5, 5.41) is 6.88. The van der Waals surface area contributed by atoms with Gasteiger partial charge in [-0.25, -0.2) is 8.78 Å². The molecule has 5 heteroatoms. The van der Waals surface area contributed by atoms with Crippen LogP contribution in [-0.4, -0.2) is 29.8 Å². The van der Waals surface area contributed by atoms with E-state index >= 15 is 0 Å². The van der Waals surface area contributed by atoms with Gasteiger partial charge in [-0.3, -0.25) is 4.68 Å². The lowest BCUT2D eigenvalue weighted by molar-refractivity contribution is 0.122. The molecular formula is C9H15F2N3. The molecule has 80 valence electrons. The molecule has 0 bridgehead atoms. The van der Waals surface area contributed by atoms with Gasteiger partial charge in [-0.05, 0) is 32.0 Å². The van der Waals surface area contributed by atoms with Crippen molar-refractivity contribution in [3.63, 3.8) is 0 Å². The Morgan fingerprint density at radius 1 is 1.57 bits per heavy atom. The van der Waals surface area contributed by atoms with E-state index < -0.39 is 6.43 Å². The summed E-state index contributed by atoms with van der Waals surface area (Å²) in [7, 11) is 1.89. The Morgan fingerprint density at radius 3 is 3.00 bits per heavy atom. The Morgan fingerprint density at radius 2 is 2.36 bits per heavy atom. The highest BCUT2D eigenvalue weighted by Crippen LogP contribution is 2.03. The molecule has 0 spiro atoms. The lowest BCUT2D eigenvalue weighted by Gasteiger charge is -1.98. The number of aromatic nitrogens is 2. The SMILES string of the molecule is CNCCCc1cnn(CC(F)F)c1. The van der Waals surface area contributed by atoms with Gasteiger partial charge in [0.15, 0.2) is 0 Å². The Bertz CT molecular complexity index is 260. The molecular weight excluding hydrogens is 188 g/mol. The maximum atomic E-state index is 12.0. The molecule has 1 rings (SSSR count). The number of hydrogen-bond acceptors (Lipinski definition) is 2. The first kappa shape index (κ1) is 11.1. The Kier molecular flexibility index (Phi) is 4.52. The number of nitrogens with zero attached hydrogens (tertiary/aromatic N) is 2. The average Bonchev–Trinajstić information content (AvgIpc) is 2.52. The molecule has 14 heavy (non-hydrogen) atoms. The second-order valence-corrected chi connectivity index (χ2v) is 3.17. The second kappa shape index (κ2) is 5.70. The first-order valence-corrected chi connectivity index (χ1v) is 4.66. The maximum absolute atomic E-state index is 12.0. The molecule has 0 radical (unpaired) electrons. The highest BCUT2D eigenvalue weighted by Gasteiger charge is 2.05. The van der Waals surface area contributed by atoms with Crippen LogP contribution in [0, 0.1) is 0 Å². The molecule has 1 aromatic heterocycles. The van der Waals surface area contributed by atoms with E-state index in [2.05, 4.69) is 10.4 Å². The first-order chi connectivity index (χ1) is 6.72. The number of alkyl halides is 2. The van der Waals surface area contributed by atoms with Crippen molar-refractivity contribution >= 4 is 0 Å². The minimum Gasteiger partial charge on any atom is -0.320 e. The van der Waals surface area contributed by atoms with Crippen molar-refractivity contribution in [1.29, 1.82) is 0 Å². The summed E-state index contributed by atoms with van der Waals surface area (Å²) in [5.74, 6) is 0. The van der Waals surface area contributed by atoms with Crippen LogP contribution in [0.3, 0.4) is 0 Å². The molecule has 1 aromatic rings. The fourth-order valence-electron chi connectivity index (χ4n) is 1.25. The zero-order chi connectivity index (χ0) is 10.4. The fourth-order valence-corrected chi connectivity index (χ4v) is 1.25. The van der Waals surface area contributed by atoms with Crippen LogP contribution in [-0.2, 0) is 13.0 Å². The van der Waals surface area contributed by atoms with Crippen molar-refractivity contribution < 1.29 is 8.78 Å². The molecule has 0 aliphatic rings. The number of halogens is 2. The molecule has 0 saturated carbocycles. The van der Waals surface area contributed by atoms with Crippen LogP contribution < -0.4 is 5.32 Å². The monoisotopic (exact) mass is 203 g/mol. The van der Waals surface area contributed by atoms with Gasteiger partial charge in [-0.2, -0.15) is 5.10 Å².